The van der Waals surface area contributed by atoms with Gasteiger partial charge in [-0.3, -0.25) is 4.79 Å². The topological polar surface area (TPSA) is 96.0 Å². The summed E-state index contributed by atoms with van der Waals surface area (Å²) < 4.78 is 31.6. The van der Waals surface area contributed by atoms with Gasteiger partial charge in [0, 0.05) is 26.2 Å². The average molecular weight is 389 g/mol. The van der Waals surface area contributed by atoms with Crippen LogP contribution < -0.4 is 5.32 Å². The molecule has 1 aliphatic heterocycles. The predicted octanol–water partition coefficient (Wildman–Crippen LogP) is 1.11. The van der Waals surface area contributed by atoms with Gasteiger partial charge in [0.25, 0.3) is 10.0 Å². The maximum absolute atomic E-state index is 12.4. The minimum Gasteiger partial charge on any atom is -0.444 e. The molecule has 0 unspecified atom stereocenters. The molecule has 1 aromatic rings. The Morgan fingerprint density at radius 1 is 1.24 bits per heavy atom. The summed E-state index contributed by atoms with van der Waals surface area (Å²) in [6.07, 6.45) is -0.653. The molecule has 25 heavy (non-hydrogen) atoms. The van der Waals surface area contributed by atoms with Crippen LogP contribution in [-0.4, -0.2) is 67.9 Å². The van der Waals surface area contributed by atoms with Crippen LogP contribution in [0, 0.1) is 0 Å². The number of thiophene rings is 1. The third-order valence-corrected chi connectivity index (χ3v) is 6.74. The minimum absolute atomic E-state index is 0.174. The SMILES string of the molecule is CC(C)(C)OC(=O)NCC(=O)N1CCN(S(=O)(=O)c2cccs2)CC1. The zero-order chi connectivity index (χ0) is 18.7. The van der Waals surface area contributed by atoms with Crippen molar-refractivity contribution in [2.75, 3.05) is 32.7 Å². The second-order valence-corrected chi connectivity index (χ2v) is 9.68. The molecule has 1 aromatic heterocycles. The van der Waals surface area contributed by atoms with Crippen molar-refractivity contribution < 1.29 is 22.7 Å². The van der Waals surface area contributed by atoms with Crippen LogP contribution in [0.3, 0.4) is 0 Å². The second-order valence-electron chi connectivity index (χ2n) is 6.57. The van der Waals surface area contributed by atoms with Crippen LogP contribution in [0.5, 0.6) is 0 Å². The number of hydrogen-bond acceptors (Lipinski definition) is 6. The van der Waals surface area contributed by atoms with E-state index in [1.807, 2.05) is 0 Å². The van der Waals surface area contributed by atoms with Crippen LogP contribution >= 0.6 is 11.3 Å². The van der Waals surface area contributed by atoms with Gasteiger partial charge < -0.3 is 15.0 Å². The smallest absolute Gasteiger partial charge is 0.408 e. The molecule has 10 heteroatoms. The lowest BCUT2D eigenvalue weighted by Gasteiger charge is -2.33. The molecule has 2 amide bonds. The number of sulfonamides is 1. The highest BCUT2D eigenvalue weighted by Crippen LogP contribution is 2.22. The molecule has 0 aromatic carbocycles. The van der Waals surface area contributed by atoms with Gasteiger partial charge in [-0.05, 0) is 32.2 Å². The first-order valence-electron chi connectivity index (χ1n) is 7.88. The van der Waals surface area contributed by atoms with Crippen molar-refractivity contribution in [2.24, 2.45) is 0 Å². The monoisotopic (exact) mass is 389 g/mol. The van der Waals surface area contributed by atoms with E-state index >= 15 is 0 Å². The molecule has 1 N–H and O–H groups in total. The summed E-state index contributed by atoms with van der Waals surface area (Å²) in [5.41, 5.74) is -0.630. The fourth-order valence-corrected chi connectivity index (χ4v) is 4.86. The van der Waals surface area contributed by atoms with Gasteiger partial charge in [-0.25, -0.2) is 13.2 Å². The zero-order valence-electron chi connectivity index (χ0n) is 14.5. The summed E-state index contributed by atoms with van der Waals surface area (Å²) in [5.74, 6) is -0.265. The van der Waals surface area contributed by atoms with Crippen molar-refractivity contribution in [2.45, 2.75) is 30.6 Å². The summed E-state index contributed by atoms with van der Waals surface area (Å²) in [6.45, 7) is 6.09. The first kappa shape index (κ1) is 19.7. The quantitative estimate of drug-likeness (QED) is 0.832. The van der Waals surface area contributed by atoms with Crippen LogP contribution in [0.2, 0.25) is 0 Å². The maximum atomic E-state index is 12.4. The third kappa shape index (κ3) is 5.41. The van der Waals surface area contributed by atoms with Crippen LogP contribution in [0.15, 0.2) is 21.7 Å². The van der Waals surface area contributed by atoms with Crippen molar-refractivity contribution >= 4 is 33.4 Å². The highest BCUT2D eigenvalue weighted by Gasteiger charge is 2.30. The van der Waals surface area contributed by atoms with Gasteiger partial charge in [-0.1, -0.05) is 6.07 Å². The molecule has 0 spiro atoms. The van der Waals surface area contributed by atoms with Gasteiger partial charge in [0.05, 0.1) is 0 Å². The Labute approximate surface area is 151 Å². The van der Waals surface area contributed by atoms with Crippen molar-refractivity contribution in [3.63, 3.8) is 0 Å². The van der Waals surface area contributed by atoms with E-state index in [0.29, 0.717) is 17.3 Å². The molecule has 0 radical (unpaired) electrons. The normalized spacial score (nSPS) is 16.5. The van der Waals surface area contributed by atoms with Crippen LogP contribution in [0.25, 0.3) is 0 Å². The van der Waals surface area contributed by atoms with Crippen LogP contribution in [-0.2, 0) is 19.6 Å². The lowest BCUT2D eigenvalue weighted by Crippen LogP contribution is -2.52. The number of ether oxygens (including phenoxy) is 1. The standard InChI is InChI=1S/C15H23N3O5S2/c1-15(2,3)23-14(20)16-11-12(19)17-6-8-18(9-7-17)25(21,22)13-5-4-10-24-13/h4-5,10H,6-9,11H2,1-3H3,(H,16,20). The molecule has 1 saturated heterocycles. The lowest BCUT2D eigenvalue weighted by atomic mass is 10.2. The number of piperazine rings is 1. The summed E-state index contributed by atoms with van der Waals surface area (Å²) in [6, 6.07) is 3.27. The predicted molar refractivity (Wildman–Crippen MR) is 93.9 cm³/mol. The van der Waals surface area contributed by atoms with E-state index in [9.17, 15) is 18.0 Å². The number of hydrogen-bond donors (Lipinski definition) is 1. The number of amides is 2. The second kappa shape index (κ2) is 7.71. The molecular formula is C15H23N3O5S2. The Hall–Kier alpha value is -1.65. The molecule has 0 saturated carbocycles. The largest absolute Gasteiger partial charge is 0.444 e. The number of carbonyl (C=O) groups is 2. The van der Waals surface area contributed by atoms with Gasteiger partial charge in [0.15, 0.2) is 0 Å². The van der Waals surface area contributed by atoms with Crippen LogP contribution in [0.4, 0.5) is 4.79 Å². The molecule has 1 aliphatic rings. The highest BCUT2D eigenvalue weighted by atomic mass is 32.2. The van der Waals surface area contributed by atoms with E-state index in [1.165, 1.54) is 20.5 Å². The van der Waals surface area contributed by atoms with E-state index in [-0.39, 0.29) is 25.5 Å². The van der Waals surface area contributed by atoms with E-state index in [0.717, 1.165) is 0 Å². The van der Waals surface area contributed by atoms with Crippen molar-refractivity contribution in [3.05, 3.63) is 17.5 Å². The summed E-state index contributed by atoms with van der Waals surface area (Å²) in [5, 5.41) is 4.13. The first-order valence-corrected chi connectivity index (χ1v) is 10.2. The molecule has 1 fully saturated rings. The third-order valence-electron chi connectivity index (χ3n) is 3.46. The van der Waals surface area contributed by atoms with Gasteiger partial charge in [-0.15, -0.1) is 11.3 Å². The van der Waals surface area contributed by atoms with Crippen LogP contribution in [0.1, 0.15) is 20.8 Å². The molecule has 0 aliphatic carbocycles. The zero-order valence-corrected chi connectivity index (χ0v) is 16.2. The molecule has 8 nitrogen and oxygen atoms in total. The summed E-state index contributed by atoms with van der Waals surface area (Å²) >= 11 is 1.17. The van der Waals surface area contributed by atoms with Crippen molar-refractivity contribution in [1.29, 1.82) is 0 Å². The number of carbonyl (C=O) groups excluding carboxylic acids is 2. The van der Waals surface area contributed by atoms with E-state index in [2.05, 4.69) is 5.32 Å². The molecule has 2 heterocycles. The molecule has 140 valence electrons. The maximum Gasteiger partial charge on any atom is 0.408 e. The van der Waals surface area contributed by atoms with E-state index in [4.69, 9.17) is 4.74 Å². The molecular weight excluding hydrogens is 366 g/mol. The Balaban J connectivity index is 1.82. The fourth-order valence-electron chi connectivity index (χ4n) is 2.29. The van der Waals surface area contributed by atoms with E-state index in [1.54, 1.807) is 38.3 Å². The number of alkyl carbamates (subject to hydrolysis) is 1. The average Bonchev–Trinajstić information content (AvgIpc) is 3.06. The lowest BCUT2D eigenvalue weighted by molar-refractivity contribution is -0.131. The highest BCUT2D eigenvalue weighted by molar-refractivity contribution is 7.91. The summed E-state index contributed by atoms with van der Waals surface area (Å²) in [4.78, 5) is 25.3. The first-order chi connectivity index (χ1) is 11.6. The fraction of sp³-hybridized carbons (Fsp3) is 0.600. The number of nitrogens with one attached hydrogen (secondary N) is 1. The molecule has 0 bridgehead atoms. The Morgan fingerprint density at radius 3 is 2.40 bits per heavy atom. The molecule has 2 rings (SSSR count). The minimum atomic E-state index is -3.49. The van der Waals surface area contributed by atoms with Gasteiger partial charge >= 0.3 is 6.09 Å². The van der Waals surface area contributed by atoms with Gasteiger partial charge in [0.1, 0.15) is 16.4 Å². The van der Waals surface area contributed by atoms with Gasteiger partial charge in [0.2, 0.25) is 5.91 Å². The van der Waals surface area contributed by atoms with Crippen molar-refractivity contribution in [3.8, 4) is 0 Å². The summed E-state index contributed by atoms with van der Waals surface area (Å²) in [7, 11) is -3.49. The number of nitrogens with zero attached hydrogens (tertiary/aromatic N) is 2. The van der Waals surface area contributed by atoms with Crippen molar-refractivity contribution in [1.82, 2.24) is 14.5 Å². The Morgan fingerprint density at radius 2 is 1.88 bits per heavy atom. The Kier molecular flexibility index (Phi) is 6.07. The Bertz CT molecular complexity index is 702. The van der Waals surface area contributed by atoms with Gasteiger partial charge in [-0.2, -0.15) is 4.31 Å². The van der Waals surface area contributed by atoms with E-state index < -0.39 is 21.7 Å². The number of rotatable bonds is 4. The molecule has 0 atom stereocenters.